The monoisotopic (exact) mass is 666 g/mol. The molecule has 0 radical (unpaired) electrons. The summed E-state index contributed by atoms with van der Waals surface area (Å²) in [6.45, 7) is -3.42. The van der Waals surface area contributed by atoms with E-state index in [0.717, 1.165) is 0 Å². The second-order valence-electron chi connectivity index (χ2n) is 11.1. The van der Waals surface area contributed by atoms with Crippen LogP contribution in [0.5, 0.6) is 0 Å². The van der Waals surface area contributed by atoms with E-state index < -0.39 is 149 Å². The van der Waals surface area contributed by atoms with Crippen LogP contribution >= 0.6 is 0 Å². The zero-order chi connectivity index (χ0) is 33.3. The second-order valence-corrected chi connectivity index (χ2v) is 11.1. The Kier molecular flexibility index (Phi) is 12.8. The molecule has 0 spiro atoms. The van der Waals surface area contributed by atoms with Crippen LogP contribution in [-0.2, 0) is 33.2 Å². The first-order valence-corrected chi connectivity index (χ1v) is 14.1. The normalized spacial score (nSPS) is 52.9. The molecule has 0 aliphatic carbocycles. The minimum absolute atomic E-state index is 0.802. The van der Waals surface area contributed by atoms with Gasteiger partial charge in [-0.3, -0.25) is 0 Å². The Bertz CT molecular complexity index is 916. The molecule has 0 aromatic carbocycles. The van der Waals surface area contributed by atoms with Gasteiger partial charge in [-0.15, -0.1) is 0 Å². The SMILES string of the molecule is OC[C@H]1O[C@H](O[C@@H]2[C@H](O)[C@@H](O[C@H]3[C@@H](O)[C@@H](CO)OC(O)[C@@H]3O)O[C@H](CO)[C@H]2O)[C@H](O)[C@@H](O[C@@H]2O[C@H](CO)[C@@H](O)[C@H](O)[C@H]2O)[C@H]1O. The van der Waals surface area contributed by atoms with E-state index in [4.69, 9.17) is 33.2 Å². The van der Waals surface area contributed by atoms with Crippen LogP contribution < -0.4 is 0 Å². The van der Waals surface area contributed by atoms with Crippen molar-refractivity contribution >= 4 is 0 Å². The summed E-state index contributed by atoms with van der Waals surface area (Å²) in [7, 11) is 0. The Labute approximate surface area is 254 Å². The first kappa shape index (κ1) is 37.0. The van der Waals surface area contributed by atoms with Gasteiger partial charge in [0.2, 0.25) is 0 Å². The van der Waals surface area contributed by atoms with Crippen molar-refractivity contribution in [1.82, 2.24) is 0 Å². The maximum Gasteiger partial charge on any atom is 0.187 e. The smallest absolute Gasteiger partial charge is 0.187 e. The van der Waals surface area contributed by atoms with Crippen LogP contribution in [0.3, 0.4) is 0 Å². The summed E-state index contributed by atoms with van der Waals surface area (Å²) in [5.74, 6) is 0. The molecule has 4 aliphatic rings. The molecular formula is C24H42O21. The zero-order valence-corrected chi connectivity index (χ0v) is 23.5. The summed E-state index contributed by atoms with van der Waals surface area (Å²) in [6.07, 6.45) is -36.1. The first-order chi connectivity index (χ1) is 21.3. The van der Waals surface area contributed by atoms with Crippen LogP contribution in [0.15, 0.2) is 0 Å². The molecule has 264 valence electrons. The van der Waals surface area contributed by atoms with Crippen LogP contribution in [0.1, 0.15) is 0 Å². The third kappa shape index (κ3) is 7.44. The van der Waals surface area contributed by atoms with Gasteiger partial charge in [0, 0.05) is 0 Å². The maximum absolute atomic E-state index is 11.1. The summed E-state index contributed by atoms with van der Waals surface area (Å²) in [6, 6.07) is 0. The molecule has 4 aliphatic heterocycles. The van der Waals surface area contributed by atoms with Crippen molar-refractivity contribution in [3.8, 4) is 0 Å². The Hall–Kier alpha value is -0.840. The molecular weight excluding hydrogens is 624 g/mol. The summed E-state index contributed by atoms with van der Waals surface area (Å²) >= 11 is 0. The Morgan fingerprint density at radius 2 is 0.644 bits per heavy atom. The third-order valence-electron chi connectivity index (χ3n) is 8.21. The lowest BCUT2D eigenvalue weighted by atomic mass is 9.95. The highest BCUT2D eigenvalue weighted by Crippen LogP contribution is 2.34. The molecule has 4 saturated heterocycles. The lowest BCUT2D eigenvalue weighted by Gasteiger charge is -2.49. The molecule has 20 atom stereocenters. The van der Waals surface area contributed by atoms with Crippen LogP contribution in [0.2, 0.25) is 0 Å². The lowest BCUT2D eigenvalue weighted by Crippen LogP contribution is -2.67. The topological polar surface area (TPSA) is 348 Å². The van der Waals surface area contributed by atoms with Crippen molar-refractivity contribution in [2.75, 3.05) is 26.4 Å². The number of aliphatic hydroxyl groups excluding tert-OH is 14. The van der Waals surface area contributed by atoms with Crippen molar-refractivity contribution < 1.29 is 105 Å². The van der Waals surface area contributed by atoms with Crippen molar-refractivity contribution in [3.63, 3.8) is 0 Å². The second kappa shape index (κ2) is 15.6. The fourth-order valence-corrected chi connectivity index (χ4v) is 5.53. The van der Waals surface area contributed by atoms with Crippen LogP contribution in [0.25, 0.3) is 0 Å². The maximum atomic E-state index is 11.1. The van der Waals surface area contributed by atoms with Gasteiger partial charge in [-0.1, -0.05) is 0 Å². The van der Waals surface area contributed by atoms with Gasteiger partial charge in [-0.25, -0.2) is 0 Å². The fraction of sp³-hybridized carbons (Fsp3) is 1.00. The largest absolute Gasteiger partial charge is 0.394 e. The minimum atomic E-state index is -2.05. The van der Waals surface area contributed by atoms with E-state index in [1.165, 1.54) is 0 Å². The Morgan fingerprint density at radius 1 is 0.333 bits per heavy atom. The van der Waals surface area contributed by atoms with Crippen molar-refractivity contribution in [2.24, 2.45) is 0 Å². The molecule has 0 bridgehead atoms. The van der Waals surface area contributed by atoms with E-state index in [1.807, 2.05) is 0 Å². The zero-order valence-electron chi connectivity index (χ0n) is 23.5. The van der Waals surface area contributed by atoms with Gasteiger partial charge in [0.05, 0.1) is 26.4 Å². The number of rotatable bonds is 10. The van der Waals surface area contributed by atoms with Crippen molar-refractivity contribution in [3.05, 3.63) is 0 Å². The average Bonchev–Trinajstić information content (AvgIpc) is 3.02. The molecule has 45 heavy (non-hydrogen) atoms. The van der Waals surface area contributed by atoms with E-state index in [1.54, 1.807) is 0 Å². The number of hydrogen-bond acceptors (Lipinski definition) is 21. The predicted molar refractivity (Wildman–Crippen MR) is 134 cm³/mol. The molecule has 0 amide bonds. The highest BCUT2D eigenvalue weighted by Gasteiger charge is 2.55. The number of aliphatic hydroxyl groups is 14. The van der Waals surface area contributed by atoms with Crippen molar-refractivity contribution in [1.29, 1.82) is 0 Å². The Balaban J connectivity index is 1.53. The van der Waals surface area contributed by atoms with E-state index in [2.05, 4.69) is 0 Å². The summed E-state index contributed by atoms with van der Waals surface area (Å²) < 4.78 is 37.5. The predicted octanol–water partition coefficient (Wildman–Crippen LogP) is -9.75. The summed E-state index contributed by atoms with van der Waals surface area (Å²) in [5, 5.41) is 143. The molecule has 14 N–H and O–H groups in total. The molecule has 4 rings (SSSR count). The molecule has 0 aromatic rings. The molecule has 21 nitrogen and oxygen atoms in total. The molecule has 0 saturated carbocycles. The summed E-state index contributed by atoms with van der Waals surface area (Å²) in [4.78, 5) is 0. The molecule has 4 fully saturated rings. The molecule has 21 heteroatoms. The van der Waals surface area contributed by atoms with Crippen molar-refractivity contribution in [2.45, 2.75) is 123 Å². The Morgan fingerprint density at radius 3 is 1.02 bits per heavy atom. The lowest BCUT2D eigenvalue weighted by molar-refractivity contribution is -0.389. The van der Waals surface area contributed by atoms with Crippen LogP contribution in [0, 0.1) is 0 Å². The standard InChI is InChI=1S/C24H42O21/c25-1-5-9(29)13(33)14(34)22(40-5)44-19-11(31)7(3-27)42-24(16(19)36)45-20-12(32)8(4-28)41-23(17(20)37)43-18-10(30)6(2-26)39-21(38)15(18)35/h5-38H,1-4H2/t5-,6-,7-,8-,9-,10+,11+,12-,13+,14-,15-,16-,17+,18+,19+,20+,21?,22+,23-,24-/m1/s1. The number of hydrogen-bond donors (Lipinski definition) is 14. The molecule has 4 heterocycles. The van der Waals surface area contributed by atoms with E-state index >= 15 is 0 Å². The van der Waals surface area contributed by atoms with E-state index in [9.17, 15) is 71.5 Å². The average molecular weight is 667 g/mol. The van der Waals surface area contributed by atoms with Gasteiger partial charge in [-0.05, 0) is 0 Å². The van der Waals surface area contributed by atoms with E-state index in [-0.39, 0.29) is 0 Å². The fourth-order valence-electron chi connectivity index (χ4n) is 5.53. The third-order valence-corrected chi connectivity index (χ3v) is 8.21. The van der Waals surface area contributed by atoms with Crippen LogP contribution in [-0.4, -0.2) is 221 Å². The highest BCUT2D eigenvalue weighted by atomic mass is 16.8. The highest BCUT2D eigenvalue weighted by molar-refractivity contribution is 4.97. The van der Waals surface area contributed by atoms with Gasteiger partial charge < -0.3 is 105 Å². The first-order valence-electron chi connectivity index (χ1n) is 14.1. The molecule has 1 unspecified atom stereocenters. The van der Waals surface area contributed by atoms with Gasteiger partial charge in [0.25, 0.3) is 0 Å². The van der Waals surface area contributed by atoms with Gasteiger partial charge >= 0.3 is 0 Å². The van der Waals surface area contributed by atoms with Crippen LogP contribution in [0.4, 0.5) is 0 Å². The van der Waals surface area contributed by atoms with E-state index in [0.29, 0.717) is 0 Å². The minimum Gasteiger partial charge on any atom is -0.394 e. The van der Waals surface area contributed by atoms with Gasteiger partial charge in [-0.2, -0.15) is 0 Å². The quantitative estimate of drug-likeness (QED) is 0.103. The van der Waals surface area contributed by atoms with Gasteiger partial charge in [0.15, 0.2) is 25.2 Å². The molecule has 0 aromatic heterocycles. The van der Waals surface area contributed by atoms with Gasteiger partial charge in [0.1, 0.15) is 97.7 Å². The number of ether oxygens (including phenoxy) is 7. The summed E-state index contributed by atoms with van der Waals surface area (Å²) in [5.41, 5.74) is 0.